The molecule has 104 valence electrons. The molecule has 0 aromatic heterocycles. The van der Waals surface area contributed by atoms with E-state index in [-0.39, 0.29) is 32.6 Å². The van der Waals surface area contributed by atoms with Crippen LogP contribution in [-0.2, 0) is 19.1 Å². The zero-order valence-electron chi connectivity index (χ0n) is 10.1. The first kappa shape index (κ1) is 21.2. The average Bonchev–Trinajstić information content (AvgIpc) is 2.12. The third kappa shape index (κ3) is 31.3. The summed E-state index contributed by atoms with van der Waals surface area (Å²) in [5, 5.41) is 17.0. The smallest absolute Gasteiger partial charge is 0.302 e. The number of carbonyl (C=O) groups is 2. The Hall–Kier alpha value is -1.14. The van der Waals surface area contributed by atoms with Crippen LogP contribution in [0.15, 0.2) is 0 Å². The van der Waals surface area contributed by atoms with Gasteiger partial charge in [0.1, 0.15) is 13.2 Å². The minimum absolute atomic E-state index is 0. The topological polar surface area (TPSA) is 93.1 Å². The number of hydrogen-bond acceptors (Lipinski definition) is 6. The molecule has 0 aromatic rings. The molecule has 0 radical (unpaired) electrons. The third-order valence-corrected chi connectivity index (χ3v) is 1.06. The van der Waals surface area contributed by atoms with E-state index in [0.717, 1.165) is 0 Å². The Kier molecular flexibility index (Phi) is 16.1. The van der Waals surface area contributed by atoms with Gasteiger partial charge in [0.2, 0.25) is 0 Å². The molecule has 17 heavy (non-hydrogen) atoms. The van der Waals surface area contributed by atoms with Gasteiger partial charge in [-0.05, 0) is 13.8 Å². The lowest BCUT2D eigenvalue weighted by Crippen LogP contribution is -2.12. The highest BCUT2D eigenvalue weighted by atomic mass is 16.5. The molecule has 0 amide bonds. The summed E-state index contributed by atoms with van der Waals surface area (Å²) in [5.41, 5.74) is 0. The number of ether oxygens (including phenoxy) is 2. The van der Waals surface area contributed by atoms with Crippen molar-refractivity contribution in [1.29, 1.82) is 0 Å². The predicted molar refractivity (Wildman–Crippen MR) is 63.4 cm³/mol. The van der Waals surface area contributed by atoms with Crippen LogP contribution in [0.5, 0.6) is 0 Å². The zero-order valence-corrected chi connectivity index (χ0v) is 10.1. The number of esters is 2. The largest absolute Gasteiger partial charge is 0.463 e. The summed E-state index contributed by atoms with van der Waals surface area (Å²) in [5.74, 6) is -0.711. The van der Waals surface area contributed by atoms with E-state index in [0.29, 0.717) is 0 Å². The van der Waals surface area contributed by atoms with Crippen molar-refractivity contribution in [2.45, 2.75) is 47.3 Å². The average molecular weight is 252 g/mol. The van der Waals surface area contributed by atoms with Crippen LogP contribution in [0, 0.1) is 0 Å². The summed E-state index contributed by atoms with van der Waals surface area (Å²) in [6.45, 7) is 5.92. The van der Waals surface area contributed by atoms with Gasteiger partial charge in [0.15, 0.2) is 0 Å². The van der Waals surface area contributed by atoms with E-state index in [2.05, 4.69) is 9.47 Å². The molecule has 0 fully saturated rings. The van der Waals surface area contributed by atoms with Crippen molar-refractivity contribution in [3.63, 3.8) is 0 Å². The van der Waals surface area contributed by atoms with Crippen molar-refractivity contribution < 1.29 is 29.3 Å². The second kappa shape index (κ2) is 12.9. The molecule has 0 heterocycles. The Labute approximate surface area is 103 Å². The fourth-order valence-electron chi connectivity index (χ4n) is 0.476. The van der Waals surface area contributed by atoms with Gasteiger partial charge in [0, 0.05) is 13.8 Å². The van der Waals surface area contributed by atoms with Crippen LogP contribution < -0.4 is 0 Å². The van der Waals surface area contributed by atoms with E-state index >= 15 is 0 Å². The molecule has 0 bridgehead atoms. The van der Waals surface area contributed by atoms with E-state index in [4.69, 9.17) is 10.2 Å². The van der Waals surface area contributed by atoms with Gasteiger partial charge < -0.3 is 19.7 Å². The number of aliphatic hydroxyl groups excluding tert-OH is 2. The Bertz CT molecular complexity index is 178. The SMILES string of the molecule is C.CC(=O)OCC(C)O.CC(=O)OCC(C)O. The van der Waals surface area contributed by atoms with Crippen LogP contribution in [0.4, 0.5) is 0 Å². The summed E-state index contributed by atoms with van der Waals surface area (Å²) in [6, 6.07) is 0. The second-order valence-corrected chi connectivity index (χ2v) is 3.30. The van der Waals surface area contributed by atoms with Crippen molar-refractivity contribution in [3.05, 3.63) is 0 Å². The molecule has 0 aromatic carbocycles. The van der Waals surface area contributed by atoms with Gasteiger partial charge in [-0.25, -0.2) is 0 Å². The predicted octanol–water partition coefficient (Wildman–Crippen LogP) is 0.497. The first-order valence-corrected chi connectivity index (χ1v) is 4.88. The molecule has 2 atom stereocenters. The molecule has 2 unspecified atom stereocenters. The summed E-state index contributed by atoms with van der Waals surface area (Å²) in [7, 11) is 0. The van der Waals surface area contributed by atoms with Gasteiger partial charge in [0.25, 0.3) is 0 Å². The Morgan fingerprint density at radius 3 is 1.24 bits per heavy atom. The highest BCUT2D eigenvalue weighted by Gasteiger charge is 1.96. The molecule has 0 saturated carbocycles. The normalized spacial score (nSPS) is 12.1. The van der Waals surface area contributed by atoms with Crippen LogP contribution in [0.25, 0.3) is 0 Å². The van der Waals surface area contributed by atoms with E-state index in [9.17, 15) is 9.59 Å². The molecule has 0 rings (SSSR count). The molecule has 2 N–H and O–H groups in total. The third-order valence-electron chi connectivity index (χ3n) is 1.06. The van der Waals surface area contributed by atoms with Gasteiger partial charge in [-0.1, -0.05) is 7.43 Å². The summed E-state index contributed by atoms with van der Waals surface area (Å²) < 4.78 is 8.83. The van der Waals surface area contributed by atoms with Crippen LogP contribution >= 0.6 is 0 Å². The Balaban J connectivity index is -0.000000218. The van der Waals surface area contributed by atoms with Gasteiger partial charge in [-0.3, -0.25) is 9.59 Å². The maximum absolute atomic E-state index is 10.0. The van der Waals surface area contributed by atoms with Crippen LogP contribution in [0.1, 0.15) is 35.1 Å². The minimum Gasteiger partial charge on any atom is -0.463 e. The number of carbonyl (C=O) groups excluding carboxylic acids is 2. The molecule has 6 heteroatoms. The van der Waals surface area contributed by atoms with E-state index in [1.54, 1.807) is 13.8 Å². The standard InChI is InChI=1S/2C5H10O3.CH4/c2*1-4(6)3-8-5(2)7;/h2*4,6H,3H2,1-2H3;1H4. The molecule has 6 nitrogen and oxygen atoms in total. The molecular weight excluding hydrogens is 228 g/mol. The Morgan fingerprint density at radius 2 is 1.18 bits per heavy atom. The quantitative estimate of drug-likeness (QED) is 0.708. The summed E-state index contributed by atoms with van der Waals surface area (Å²) >= 11 is 0. The van der Waals surface area contributed by atoms with Crippen molar-refractivity contribution >= 4 is 11.9 Å². The van der Waals surface area contributed by atoms with Gasteiger partial charge in [-0.2, -0.15) is 0 Å². The lowest BCUT2D eigenvalue weighted by molar-refractivity contribution is -0.144. The fourth-order valence-corrected chi connectivity index (χ4v) is 0.476. The monoisotopic (exact) mass is 252 g/mol. The molecular formula is C11H24O6. The molecule has 0 aliphatic carbocycles. The lowest BCUT2D eigenvalue weighted by atomic mass is 10.4. The van der Waals surface area contributed by atoms with Crippen molar-refractivity contribution in [2.75, 3.05) is 13.2 Å². The van der Waals surface area contributed by atoms with Gasteiger partial charge in [-0.15, -0.1) is 0 Å². The molecule has 0 saturated heterocycles. The fraction of sp³-hybridized carbons (Fsp3) is 0.818. The van der Waals surface area contributed by atoms with E-state index in [1.807, 2.05) is 0 Å². The van der Waals surface area contributed by atoms with Crippen molar-refractivity contribution in [2.24, 2.45) is 0 Å². The highest BCUT2D eigenvalue weighted by Crippen LogP contribution is 1.82. The summed E-state index contributed by atoms with van der Waals surface area (Å²) in [6.07, 6.45) is -1.11. The maximum atomic E-state index is 10.0. The second-order valence-electron chi connectivity index (χ2n) is 3.30. The molecule has 0 aliphatic rings. The van der Waals surface area contributed by atoms with Gasteiger partial charge in [0.05, 0.1) is 12.2 Å². The van der Waals surface area contributed by atoms with Crippen LogP contribution in [-0.4, -0.2) is 47.6 Å². The van der Waals surface area contributed by atoms with E-state index < -0.39 is 12.2 Å². The number of rotatable bonds is 4. The zero-order chi connectivity index (χ0) is 13.1. The van der Waals surface area contributed by atoms with Crippen LogP contribution in [0.2, 0.25) is 0 Å². The minimum atomic E-state index is -0.557. The number of aliphatic hydroxyl groups is 2. The first-order chi connectivity index (χ1) is 7.25. The molecule has 0 spiro atoms. The lowest BCUT2D eigenvalue weighted by Gasteiger charge is -2.01. The van der Waals surface area contributed by atoms with Crippen LogP contribution in [0.3, 0.4) is 0 Å². The van der Waals surface area contributed by atoms with E-state index in [1.165, 1.54) is 13.8 Å². The van der Waals surface area contributed by atoms with Crippen molar-refractivity contribution in [3.8, 4) is 0 Å². The maximum Gasteiger partial charge on any atom is 0.302 e. The van der Waals surface area contributed by atoms with Gasteiger partial charge >= 0.3 is 11.9 Å². The van der Waals surface area contributed by atoms with Crippen molar-refractivity contribution in [1.82, 2.24) is 0 Å². The highest BCUT2D eigenvalue weighted by molar-refractivity contribution is 5.66. The molecule has 0 aliphatic heterocycles. The Morgan fingerprint density at radius 1 is 0.941 bits per heavy atom. The first-order valence-electron chi connectivity index (χ1n) is 4.88. The summed E-state index contributed by atoms with van der Waals surface area (Å²) in [4.78, 5) is 20.0. The number of hydrogen-bond donors (Lipinski definition) is 2.